The molecular formula is C11H14F3NO. The van der Waals surface area contributed by atoms with E-state index in [0.717, 1.165) is 12.1 Å². The second-order valence-corrected chi connectivity index (χ2v) is 3.59. The standard InChI is InChI=1S/C11H14F3NO/c12-11(13,14)9-5-3-8(4-6-9)10(15)2-1-7-16/h3-6,10,16H,1-2,7,15H2/t10-/m1/s1. The number of aliphatic hydroxyl groups is 1. The minimum atomic E-state index is -4.31. The lowest BCUT2D eigenvalue weighted by Crippen LogP contribution is -2.11. The molecule has 0 aliphatic carbocycles. The maximum atomic E-state index is 12.3. The molecule has 0 aliphatic rings. The highest BCUT2D eigenvalue weighted by atomic mass is 19.4. The van der Waals surface area contributed by atoms with E-state index >= 15 is 0 Å². The highest BCUT2D eigenvalue weighted by Crippen LogP contribution is 2.30. The summed E-state index contributed by atoms with van der Waals surface area (Å²) in [5, 5.41) is 8.61. The Morgan fingerprint density at radius 3 is 2.19 bits per heavy atom. The van der Waals surface area contributed by atoms with Crippen LogP contribution in [-0.2, 0) is 6.18 Å². The van der Waals surface area contributed by atoms with Gasteiger partial charge in [0.1, 0.15) is 0 Å². The molecule has 0 aromatic heterocycles. The van der Waals surface area contributed by atoms with E-state index in [9.17, 15) is 13.2 Å². The Kier molecular flexibility index (Phi) is 4.32. The number of hydrogen-bond donors (Lipinski definition) is 2. The van der Waals surface area contributed by atoms with Crippen LogP contribution in [0.1, 0.15) is 30.0 Å². The molecule has 0 spiro atoms. The molecule has 1 aromatic rings. The van der Waals surface area contributed by atoms with Gasteiger partial charge in [-0.05, 0) is 30.5 Å². The van der Waals surface area contributed by atoms with Gasteiger partial charge >= 0.3 is 6.18 Å². The summed E-state index contributed by atoms with van der Waals surface area (Å²) in [4.78, 5) is 0. The molecule has 3 N–H and O–H groups in total. The van der Waals surface area contributed by atoms with E-state index in [2.05, 4.69) is 0 Å². The first kappa shape index (κ1) is 13.0. The van der Waals surface area contributed by atoms with Gasteiger partial charge in [0, 0.05) is 12.6 Å². The van der Waals surface area contributed by atoms with Crippen molar-refractivity contribution < 1.29 is 18.3 Å². The van der Waals surface area contributed by atoms with Gasteiger partial charge in [0.25, 0.3) is 0 Å². The largest absolute Gasteiger partial charge is 0.416 e. The van der Waals surface area contributed by atoms with Crippen LogP contribution in [0.2, 0.25) is 0 Å². The van der Waals surface area contributed by atoms with Crippen molar-refractivity contribution >= 4 is 0 Å². The van der Waals surface area contributed by atoms with Crippen molar-refractivity contribution in [3.8, 4) is 0 Å². The van der Waals surface area contributed by atoms with Gasteiger partial charge in [0.2, 0.25) is 0 Å². The summed E-state index contributed by atoms with van der Waals surface area (Å²) < 4.78 is 36.8. The Balaban J connectivity index is 2.71. The van der Waals surface area contributed by atoms with Crippen molar-refractivity contribution in [2.45, 2.75) is 25.1 Å². The van der Waals surface area contributed by atoms with Gasteiger partial charge in [0.05, 0.1) is 5.56 Å². The van der Waals surface area contributed by atoms with Gasteiger partial charge in [-0.15, -0.1) is 0 Å². The number of alkyl halides is 3. The van der Waals surface area contributed by atoms with Crippen LogP contribution in [0.4, 0.5) is 13.2 Å². The lowest BCUT2D eigenvalue weighted by molar-refractivity contribution is -0.137. The molecule has 0 heterocycles. The van der Waals surface area contributed by atoms with Crippen molar-refractivity contribution in [3.63, 3.8) is 0 Å². The first-order chi connectivity index (χ1) is 7.45. The van der Waals surface area contributed by atoms with Crippen LogP contribution in [0, 0.1) is 0 Å². The van der Waals surface area contributed by atoms with Crippen molar-refractivity contribution in [3.05, 3.63) is 35.4 Å². The normalized spacial score (nSPS) is 13.8. The quantitative estimate of drug-likeness (QED) is 0.839. The maximum Gasteiger partial charge on any atom is 0.416 e. The zero-order valence-electron chi connectivity index (χ0n) is 8.67. The predicted molar refractivity (Wildman–Crippen MR) is 54.7 cm³/mol. The molecule has 90 valence electrons. The molecule has 0 fully saturated rings. The Bertz CT molecular complexity index is 321. The van der Waals surface area contributed by atoms with Gasteiger partial charge in [-0.1, -0.05) is 12.1 Å². The van der Waals surface area contributed by atoms with Crippen LogP contribution in [0.25, 0.3) is 0 Å². The summed E-state index contributed by atoms with van der Waals surface area (Å²) in [5.74, 6) is 0. The number of rotatable bonds is 4. The van der Waals surface area contributed by atoms with E-state index in [1.54, 1.807) is 0 Å². The highest BCUT2D eigenvalue weighted by Gasteiger charge is 2.30. The van der Waals surface area contributed by atoms with Gasteiger partial charge < -0.3 is 10.8 Å². The smallest absolute Gasteiger partial charge is 0.396 e. The molecule has 0 amide bonds. The van der Waals surface area contributed by atoms with Crippen molar-refractivity contribution in [1.29, 1.82) is 0 Å². The van der Waals surface area contributed by atoms with Crippen LogP contribution in [0.5, 0.6) is 0 Å². The Morgan fingerprint density at radius 1 is 1.19 bits per heavy atom. The van der Waals surface area contributed by atoms with Crippen LogP contribution in [0.15, 0.2) is 24.3 Å². The lowest BCUT2D eigenvalue weighted by atomic mass is 10.0. The molecule has 0 radical (unpaired) electrons. The third-order valence-corrected chi connectivity index (χ3v) is 2.34. The van der Waals surface area contributed by atoms with Crippen molar-refractivity contribution in [2.75, 3.05) is 6.61 Å². The highest BCUT2D eigenvalue weighted by molar-refractivity contribution is 5.26. The van der Waals surface area contributed by atoms with Gasteiger partial charge in [-0.2, -0.15) is 13.2 Å². The number of benzene rings is 1. The summed E-state index contributed by atoms with van der Waals surface area (Å²) in [7, 11) is 0. The summed E-state index contributed by atoms with van der Waals surface area (Å²) in [6, 6.07) is 4.48. The minimum Gasteiger partial charge on any atom is -0.396 e. The average Bonchev–Trinajstić information content (AvgIpc) is 2.25. The second-order valence-electron chi connectivity index (χ2n) is 3.59. The summed E-state index contributed by atoms with van der Waals surface area (Å²) in [5.41, 5.74) is 5.73. The van der Waals surface area contributed by atoms with Gasteiger partial charge in [0.15, 0.2) is 0 Å². The predicted octanol–water partition coefficient (Wildman–Crippen LogP) is 2.48. The topological polar surface area (TPSA) is 46.2 Å². The van der Waals surface area contributed by atoms with Crippen LogP contribution in [-0.4, -0.2) is 11.7 Å². The summed E-state index contributed by atoms with van der Waals surface area (Å²) in [6.07, 6.45) is -3.21. The number of halogens is 3. The maximum absolute atomic E-state index is 12.3. The first-order valence-corrected chi connectivity index (χ1v) is 4.98. The number of nitrogens with two attached hydrogens (primary N) is 1. The van der Waals surface area contributed by atoms with E-state index < -0.39 is 11.7 Å². The van der Waals surface area contributed by atoms with Gasteiger partial charge in [-0.3, -0.25) is 0 Å². The Morgan fingerprint density at radius 2 is 1.75 bits per heavy atom. The molecule has 0 bridgehead atoms. The van der Waals surface area contributed by atoms with Crippen LogP contribution < -0.4 is 5.73 Å². The fourth-order valence-corrected chi connectivity index (χ4v) is 1.40. The van der Waals surface area contributed by atoms with E-state index in [1.807, 2.05) is 0 Å². The van der Waals surface area contributed by atoms with E-state index in [1.165, 1.54) is 12.1 Å². The molecule has 0 unspecified atom stereocenters. The lowest BCUT2D eigenvalue weighted by Gasteiger charge is -2.12. The molecule has 2 nitrogen and oxygen atoms in total. The number of hydrogen-bond acceptors (Lipinski definition) is 2. The fourth-order valence-electron chi connectivity index (χ4n) is 1.40. The van der Waals surface area contributed by atoms with Gasteiger partial charge in [-0.25, -0.2) is 0 Å². The molecule has 0 saturated heterocycles. The first-order valence-electron chi connectivity index (χ1n) is 4.98. The Hall–Kier alpha value is -1.07. The molecule has 5 heteroatoms. The zero-order chi connectivity index (χ0) is 12.2. The molecular weight excluding hydrogens is 219 g/mol. The van der Waals surface area contributed by atoms with E-state index in [4.69, 9.17) is 10.8 Å². The van der Waals surface area contributed by atoms with E-state index in [0.29, 0.717) is 18.4 Å². The second kappa shape index (κ2) is 5.32. The summed E-state index contributed by atoms with van der Waals surface area (Å²) in [6.45, 7) is 0.0360. The third-order valence-electron chi connectivity index (χ3n) is 2.34. The molecule has 1 aromatic carbocycles. The Labute approximate surface area is 91.9 Å². The van der Waals surface area contributed by atoms with Crippen LogP contribution >= 0.6 is 0 Å². The average molecular weight is 233 g/mol. The molecule has 0 aliphatic heterocycles. The zero-order valence-corrected chi connectivity index (χ0v) is 8.67. The summed E-state index contributed by atoms with van der Waals surface area (Å²) >= 11 is 0. The van der Waals surface area contributed by atoms with Crippen LogP contribution in [0.3, 0.4) is 0 Å². The minimum absolute atomic E-state index is 0.0360. The third kappa shape index (κ3) is 3.50. The SMILES string of the molecule is N[C@H](CCCO)c1ccc(C(F)(F)F)cc1. The van der Waals surface area contributed by atoms with E-state index in [-0.39, 0.29) is 12.6 Å². The molecule has 1 atom stereocenters. The van der Waals surface area contributed by atoms with Crippen molar-refractivity contribution in [1.82, 2.24) is 0 Å². The monoisotopic (exact) mass is 233 g/mol. The number of aliphatic hydroxyl groups excluding tert-OH is 1. The fraction of sp³-hybridized carbons (Fsp3) is 0.455. The molecule has 16 heavy (non-hydrogen) atoms. The van der Waals surface area contributed by atoms with Crippen molar-refractivity contribution in [2.24, 2.45) is 5.73 Å². The molecule has 1 rings (SSSR count). The molecule has 0 saturated carbocycles.